The summed E-state index contributed by atoms with van der Waals surface area (Å²) in [5.74, 6) is 0.0154. The van der Waals surface area contributed by atoms with Gasteiger partial charge >= 0.3 is 0 Å². The van der Waals surface area contributed by atoms with Gasteiger partial charge in [0.2, 0.25) is 0 Å². The van der Waals surface area contributed by atoms with Crippen LogP contribution in [0.25, 0.3) is 21.7 Å². The van der Waals surface area contributed by atoms with Crippen LogP contribution in [0.3, 0.4) is 0 Å². The molecule has 1 heterocycles. The molecular formula is C16H15NO3. The molecule has 3 aromatic rings. The molecule has 0 spiro atoms. The smallest absolute Gasteiger partial charge is 0.287 e. The van der Waals surface area contributed by atoms with E-state index in [-0.39, 0.29) is 19.1 Å². The summed E-state index contributed by atoms with van der Waals surface area (Å²) < 4.78 is 5.78. The van der Waals surface area contributed by atoms with Crippen LogP contribution in [0.5, 0.6) is 0 Å². The van der Waals surface area contributed by atoms with E-state index in [9.17, 15) is 4.79 Å². The second-order valence-electron chi connectivity index (χ2n) is 4.70. The van der Waals surface area contributed by atoms with Crippen molar-refractivity contribution in [1.82, 2.24) is 5.32 Å². The molecule has 1 aromatic heterocycles. The van der Waals surface area contributed by atoms with E-state index in [1.807, 2.05) is 43.3 Å². The number of amides is 1. The van der Waals surface area contributed by atoms with Crippen LogP contribution < -0.4 is 5.32 Å². The highest BCUT2D eigenvalue weighted by molar-refractivity contribution is 6.08. The maximum atomic E-state index is 12.0. The van der Waals surface area contributed by atoms with Gasteiger partial charge in [0.25, 0.3) is 5.91 Å². The van der Waals surface area contributed by atoms with E-state index in [1.165, 1.54) is 0 Å². The number of aliphatic hydroxyl groups excluding tert-OH is 1. The lowest BCUT2D eigenvalue weighted by Crippen LogP contribution is -2.26. The van der Waals surface area contributed by atoms with Gasteiger partial charge in [0.05, 0.1) is 6.61 Å². The van der Waals surface area contributed by atoms with Gasteiger partial charge in [-0.3, -0.25) is 4.79 Å². The van der Waals surface area contributed by atoms with Crippen molar-refractivity contribution in [3.8, 4) is 0 Å². The molecule has 0 radical (unpaired) electrons. The van der Waals surface area contributed by atoms with Gasteiger partial charge in [0, 0.05) is 22.9 Å². The van der Waals surface area contributed by atoms with Crippen LogP contribution in [0.1, 0.15) is 16.1 Å². The lowest BCUT2D eigenvalue weighted by molar-refractivity contribution is 0.0918. The van der Waals surface area contributed by atoms with Crippen LogP contribution in [0.2, 0.25) is 0 Å². The average Bonchev–Trinajstić information content (AvgIpc) is 2.82. The standard InChI is InChI=1S/C16H15NO3/c1-10-12-7-6-11-4-2-3-5-13(11)15(12)20-14(10)16(19)17-8-9-18/h2-7,18H,8-9H2,1H3,(H,17,19). The van der Waals surface area contributed by atoms with Crippen molar-refractivity contribution in [1.29, 1.82) is 0 Å². The Labute approximate surface area is 116 Å². The summed E-state index contributed by atoms with van der Waals surface area (Å²) in [5.41, 5.74) is 1.55. The molecule has 0 aliphatic heterocycles. The number of nitrogens with one attached hydrogen (secondary N) is 1. The summed E-state index contributed by atoms with van der Waals surface area (Å²) in [5, 5.41) is 14.4. The maximum Gasteiger partial charge on any atom is 0.287 e. The summed E-state index contributed by atoms with van der Waals surface area (Å²) in [7, 11) is 0. The topological polar surface area (TPSA) is 62.5 Å². The predicted molar refractivity (Wildman–Crippen MR) is 77.9 cm³/mol. The number of benzene rings is 2. The number of hydrogen-bond acceptors (Lipinski definition) is 3. The summed E-state index contributed by atoms with van der Waals surface area (Å²) in [6.45, 7) is 2.00. The van der Waals surface area contributed by atoms with Crippen molar-refractivity contribution >= 4 is 27.6 Å². The first-order chi connectivity index (χ1) is 9.72. The first kappa shape index (κ1) is 12.7. The van der Waals surface area contributed by atoms with Crippen molar-refractivity contribution < 1.29 is 14.3 Å². The van der Waals surface area contributed by atoms with Gasteiger partial charge in [0.15, 0.2) is 5.76 Å². The average molecular weight is 269 g/mol. The molecule has 0 aliphatic carbocycles. The van der Waals surface area contributed by atoms with E-state index in [4.69, 9.17) is 9.52 Å². The van der Waals surface area contributed by atoms with Gasteiger partial charge in [-0.05, 0) is 12.3 Å². The van der Waals surface area contributed by atoms with Gasteiger partial charge in [-0.1, -0.05) is 36.4 Å². The van der Waals surface area contributed by atoms with Crippen LogP contribution in [0, 0.1) is 6.92 Å². The van der Waals surface area contributed by atoms with Crippen molar-refractivity contribution in [2.75, 3.05) is 13.2 Å². The fourth-order valence-electron chi connectivity index (χ4n) is 2.42. The van der Waals surface area contributed by atoms with E-state index >= 15 is 0 Å². The summed E-state index contributed by atoms with van der Waals surface area (Å²) >= 11 is 0. The van der Waals surface area contributed by atoms with Gasteiger partial charge in [-0.25, -0.2) is 0 Å². The molecule has 102 valence electrons. The predicted octanol–water partition coefficient (Wildman–Crippen LogP) is 2.62. The molecular weight excluding hydrogens is 254 g/mol. The minimum Gasteiger partial charge on any atom is -0.450 e. The van der Waals surface area contributed by atoms with E-state index in [0.717, 1.165) is 27.3 Å². The Kier molecular flexibility index (Phi) is 3.16. The van der Waals surface area contributed by atoms with E-state index in [1.54, 1.807) is 0 Å². The first-order valence-corrected chi connectivity index (χ1v) is 6.52. The molecule has 0 saturated carbocycles. The lowest BCUT2D eigenvalue weighted by Gasteiger charge is -2.00. The molecule has 0 unspecified atom stereocenters. The molecule has 2 N–H and O–H groups in total. The monoisotopic (exact) mass is 269 g/mol. The second-order valence-corrected chi connectivity index (χ2v) is 4.70. The number of furan rings is 1. The largest absolute Gasteiger partial charge is 0.450 e. The molecule has 0 bridgehead atoms. The Hall–Kier alpha value is -2.33. The van der Waals surface area contributed by atoms with Crippen molar-refractivity contribution in [2.24, 2.45) is 0 Å². The van der Waals surface area contributed by atoms with E-state index < -0.39 is 0 Å². The zero-order chi connectivity index (χ0) is 14.1. The molecule has 3 rings (SSSR count). The van der Waals surface area contributed by atoms with Crippen LogP contribution >= 0.6 is 0 Å². The zero-order valence-electron chi connectivity index (χ0n) is 11.1. The number of carbonyl (C=O) groups excluding carboxylic acids is 1. The Morgan fingerprint density at radius 3 is 2.80 bits per heavy atom. The number of rotatable bonds is 3. The van der Waals surface area contributed by atoms with E-state index in [2.05, 4.69) is 5.32 Å². The highest BCUT2D eigenvalue weighted by Gasteiger charge is 2.18. The third-order valence-electron chi connectivity index (χ3n) is 3.43. The Morgan fingerprint density at radius 1 is 1.20 bits per heavy atom. The highest BCUT2D eigenvalue weighted by atomic mass is 16.3. The number of hydrogen-bond donors (Lipinski definition) is 2. The second kappa shape index (κ2) is 4.98. The van der Waals surface area contributed by atoms with Crippen LogP contribution in [-0.4, -0.2) is 24.2 Å². The number of fused-ring (bicyclic) bond motifs is 3. The SMILES string of the molecule is Cc1c(C(=O)NCCO)oc2c1ccc1ccccc12. The fraction of sp³-hybridized carbons (Fsp3) is 0.188. The normalized spacial score (nSPS) is 11.1. The Morgan fingerprint density at radius 2 is 2.00 bits per heavy atom. The van der Waals surface area contributed by atoms with E-state index in [0.29, 0.717) is 5.76 Å². The Balaban J connectivity index is 2.18. The Bertz CT molecular complexity index is 789. The van der Waals surface area contributed by atoms with Gasteiger partial charge < -0.3 is 14.8 Å². The van der Waals surface area contributed by atoms with Crippen molar-refractivity contribution in [3.63, 3.8) is 0 Å². The molecule has 0 fully saturated rings. The number of carbonyl (C=O) groups is 1. The van der Waals surface area contributed by atoms with Gasteiger partial charge in [0.1, 0.15) is 5.58 Å². The lowest BCUT2D eigenvalue weighted by atomic mass is 10.1. The minimum absolute atomic E-state index is 0.0893. The van der Waals surface area contributed by atoms with Gasteiger partial charge in [-0.15, -0.1) is 0 Å². The van der Waals surface area contributed by atoms with Crippen LogP contribution in [0.15, 0.2) is 40.8 Å². The molecule has 2 aromatic carbocycles. The quantitative estimate of drug-likeness (QED) is 0.768. The van der Waals surface area contributed by atoms with Crippen LogP contribution in [-0.2, 0) is 0 Å². The maximum absolute atomic E-state index is 12.0. The van der Waals surface area contributed by atoms with Crippen LogP contribution in [0.4, 0.5) is 0 Å². The minimum atomic E-state index is -0.295. The zero-order valence-corrected chi connectivity index (χ0v) is 11.1. The molecule has 0 atom stereocenters. The highest BCUT2D eigenvalue weighted by Crippen LogP contribution is 2.31. The summed E-state index contributed by atoms with van der Waals surface area (Å²) in [4.78, 5) is 12.0. The molecule has 20 heavy (non-hydrogen) atoms. The number of aliphatic hydroxyl groups is 1. The van der Waals surface area contributed by atoms with Crippen molar-refractivity contribution in [3.05, 3.63) is 47.7 Å². The first-order valence-electron chi connectivity index (χ1n) is 6.52. The molecule has 0 saturated heterocycles. The van der Waals surface area contributed by atoms with Crippen molar-refractivity contribution in [2.45, 2.75) is 6.92 Å². The fourth-order valence-corrected chi connectivity index (χ4v) is 2.42. The molecule has 0 aliphatic rings. The molecule has 1 amide bonds. The third kappa shape index (κ3) is 1.94. The summed E-state index contributed by atoms with van der Waals surface area (Å²) in [6, 6.07) is 11.9. The third-order valence-corrected chi connectivity index (χ3v) is 3.43. The van der Waals surface area contributed by atoms with Gasteiger partial charge in [-0.2, -0.15) is 0 Å². The molecule has 4 heteroatoms. The number of aryl methyl sites for hydroxylation is 1. The molecule has 4 nitrogen and oxygen atoms in total. The summed E-state index contributed by atoms with van der Waals surface area (Å²) in [6.07, 6.45) is 0.